The first kappa shape index (κ1) is 10.2. The smallest absolute Gasteiger partial charge is 0.328 e. The summed E-state index contributed by atoms with van der Waals surface area (Å²) in [5.41, 5.74) is 0.840. The van der Waals surface area contributed by atoms with Crippen LogP contribution in [0.25, 0.3) is 6.08 Å². The molecule has 0 amide bonds. The summed E-state index contributed by atoms with van der Waals surface area (Å²) >= 11 is 6.97. The lowest BCUT2D eigenvalue weighted by Crippen LogP contribution is -1.86. The predicted molar refractivity (Wildman–Crippen MR) is 53.2 cm³/mol. The van der Waals surface area contributed by atoms with Crippen LogP contribution in [0.4, 0.5) is 0 Å². The fraction of sp³-hybridized carbons (Fsp3) is 0.250. The zero-order valence-corrected chi connectivity index (χ0v) is 8.52. The number of aromatic nitrogens is 1. The summed E-state index contributed by atoms with van der Waals surface area (Å²) in [7, 11) is 0. The van der Waals surface area contributed by atoms with Crippen LogP contribution < -0.4 is 0 Å². The number of nitrogens with zero attached hydrogens (tertiary/aromatic N) is 1. The van der Waals surface area contributed by atoms with Gasteiger partial charge in [0.15, 0.2) is 4.47 Å². The highest BCUT2D eigenvalue weighted by molar-refractivity contribution is 7.16. The van der Waals surface area contributed by atoms with Gasteiger partial charge in [0.25, 0.3) is 0 Å². The highest BCUT2D eigenvalue weighted by atomic mass is 35.5. The van der Waals surface area contributed by atoms with Gasteiger partial charge in [-0.05, 0) is 12.5 Å². The molecule has 0 atom stereocenters. The molecule has 1 rings (SSSR count). The van der Waals surface area contributed by atoms with Gasteiger partial charge in [0, 0.05) is 6.08 Å². The Morgan fingerprint density at radius 1 is 1.77 bits per heavy atom. The van der Waals surface area contributed by atoms with E-state index in [0.717, 1.165) is 23.1 Å². The Kier molecular flexibility index (Phi) is 3.45. The molecule has 0 aromatic carbocycles. The standard InChI is InChI=1S/C8H8ClNO2S/c1-2-5-6(3-4-7(11)12)13-8(9)10-5/h3-4H,2H2,1H3,(H,11,12)/b4-3+. The first-order chi connectivity index (χ1) is 6.13. The van der Waals surface area contributed by atoms with E-state index in [1.165, 1.54) is 17.4 Å². The molecule has 1 aromatic heterocycles. The maximum atomic E-state index is 10.2. The van der Waals surface area contributed by atoms with Crippen LogP contribution in [0, 0.1) is 0 Å². The van der Waals surface area contributed by atoms with Gasteiger partial charge in [0.2, 0.25) is 0 Å². The van der Waals surface area contributed by atoms with E-state index in [1.807, 2.05) is 6.92 Å². The number of carboxylic acids is 1. The predicted octanol–water partition coefficient (Wildman–Crippen LogP) is 2.46. The zero-order valence-electron chi connectivity index (χ0n) is 6.95. The molecule has 70 valence electrons. The summed E-state index contributed by atoms with van der Waals surface area (Å²) in [6, 6.07) is 0. The molecule has 0 aliphatic heterocycles. The summed E-state index contributed by atoms with van der Waals surface area (Å²) in [5, 5.41) is 8.41. The number of carboxylic acid groups (broad SMARTS) is 1. The molecular weight excluding hydrogens is 210 g/mol. The van der Waals surface area contributed by atoms with Crippen molar-refractivity contribution in [1.82, 2.24) is 4.98 Å². The molecule has 0 radical (unpaired) electrons. The minimum Gasteiger partial charge on any atom is -0.478 e. The number of aryl methyl sites for hydroxylation is 1. The topological polar surface area (TPSA) is 50.2 Å². The van der Waals surface area contributed by atoms with Gasteiger partial charge in [-0.1, -0.05) is 18.5 Å². The Bertz CT molecular complexity index is 346. The molecule has 5 heteroatoms. The fourth-order valence-corrected chi connectivity index (χ4v) is 2.00. The van der Waals surface area contributed by atoms with E-state index in [1.54, 1.807) is 0 Å². The van der Waals surface area contributed by atoms with E-state index in [2.05, 4.69) is 4.98 Å². The quantitative estimate of drug-likeness (QED) is 0.792. The van der Waals surface area contributed by atoms with Gasteiger partial charge in [0.05, 0.1) is 10.6 Å². The van der Waals surface area contributed by atoms with Crippen LogP contribution >= 0.6 is 22.9 Å². The summed E-state index contributed by atoms with van der Waals surface area (Å²) in [6.07, 6.45) is 3.36. The molecule has 0 aliphatic rings. The first-order valence-electron chi connectivity index (χ1n) is 3.69. The number of halogens is 1. The Morgan fingerprint density at radius 3 is 3.00 bits per heavy atom. The number of carbonyl (C=O) groups is 1. The van der Waals surface area contributed by atoms with Crippen molar-refractivity contribution in [1.29, 1.82) is 0 Å². The SMILES string of the molecule is CCc1nc(Cl)sc1/C=C/C(=O)O. The van der Waals surface area contributed by atoms with Gasteiger partial charge >= 0.3 is 5.97 Å². The van der Waals surface area contributed by atoms with Crippen molar-refractivity contribution in [2.75, 3.05) is 0 Å². The summed E-state index contributed by atoms with van der Waals surface area (Å²) in [6.45, 7) is 1.95. The summed E-state index contributed by atoms with van der Waals surface area (Å²) in [4.78, 5) is 15.1. The fourth-order valence-electron chi connectivity index (χ4n) is 0.864. The Labute approximate surface area is 84.7 Å². The average Bonchev–Trinajstić information content (AvgIpc) is 2.42. The molecule has 0 spiro atoms. The second kappa shape index (κ2) is 4.39. The van der Waals surface area contributed by atoms with Crippen LogP contribution in [0.1, 0.15) is 17.5 Å². The molecule has 1 aromatic rings. The third-order valence-corrected chi connectivity index (χ3v) is 2.58. The maximum Gasteiger partial charge on any atom is 0.328 e. The molecular formula is C8H8ClNO2S. The van der Waals surface area contributed by atoms with Crippen molar-refractivity contribution in [3.05, 3.63) is 21.1 Å². The number of hydrogen-bond acceptors (Lipinski definition) is 3. The van der Waals surface area contributed by atoms with Crippen LogP contribution in [0.15, 0.2) is 6.08 Å². The molecule has 0 saturated heterocycles. The minimum absolute atomic E-state index is 0.446. The minimum atomic E-state index is -0.966. The Hall–Kier alpha value is -0.870. The molecule has 0 unspecified atom stereocenters. The van der Waals surface area contributed by atoms with Crippen molar-refractivity contribution in [3.63, 3.8) is 0 Å². The number of aliphatic carboxylic acids is 1. The van der Waals surface area contributed by atoms with Crippen LogP contribution in [-0.4, -0.2) is 16.1 Å². The first-order valence-corrected chi connectivity index (χ1v) is 4.89. The number of rotatable bonds is 3. The van der Waals surface area contributed by atoms with Crippen molar-refractivity contribution in [3.8, 4) is 0 Å². The van der Waals surface area contributed by atoms with Crippen molar-refractivity contribution < 1.29 is 9.90 Å². The Morgan fingerprint density at radius 2 is 2.46 bits per heavy atom. The third-order valence-electron chi connectivity index (χ3n) is 1.41. The maximum absolute atomic E-state index is 10.2. The Balaban J connectivity index is 2.92. The normalized spacial score (nSPS) is 10.9. The molecule has 1 N–H and O–H groups in total. The largest absolute Gasteiger partial charge is 0.478 e. The van der Waals surface area contributed by atoms with Gasteiger partial charge in [-0.2, -0.15) is 0 Å². The lowest BCUT2D eigenvalue weighted by molar-refractivity contribution is -0.131. The van der Waals surface area contributed by atoms with Crippen LogP contribution in [0.5, 0.6) is 0 Å². The highest BCUT2D eigenvalue weighted by Gasteiger charge is 2.05. The molecule has 1 heterocycles. The molecule has 0 aliphatic carbocycles. The van der Waals surface area contributed by atoms with E-state index >= 15 is 0 Å². The van der Waals surface area contributed by atoms with Crippen molar-refractivity contribution in [2.24, 2.45) is 0 Å². The lowest BCUT2D eigenvalue weighted by atomic mass is 10.3. The van der Waals surface area contributed by atoms with Crippen LogP contribution in [0.3, 0.4) is 0 Å². The highest BCUT2D eigenvalue weighted by Crippen LogP contribution is 2.24. The van der Waals surface area contributed by atoms with Gasteiger partial charge in [-0.15, -0.1) is 11.3 Å². The van der Waals surface area contributed by atoms with E-state index in [9.17, 15) is 4.79 Å². The second-order valence-corrected chi connectivity index (χ2v) is 3.92. The molecule has 0 saturated carbocycles. The summed E-state index contributed by atoms with van der Waals surface area (Å²) < 4.78 is 0.446. The number of hydrogen-bond donors (Lipinski definition) is 1. The van der Waals surface area contributed by atoms with Crippen molar-refractivity contribution >= 4 is 35.0 Å². The van der Waals surface area contributed by atoms with E-state index in [-0.39, 0.29) is 0 Å². The van der Waals surface area contributed by atoms with E-state index < -0.39 is 5.97 Å². The van der Waals surface area contributed by atoms with Crippen LogP contribution in [0.2, 0.25) is 4.47 Å². The second-order valence-electron chi connectivity index (χ2n) is 2.30. The average molecular weight is 218 g/mol. The van der Waals surface area contributed by atoms with Gasteiger partial charge in [0.1, 0.15) is 0 Å². The van der Waals surface area contributed by atoms with Crippen molar-refractivity contribution in [2.45, 2.75) is 13.3 Å². The molecule has 3 nitrogen and oxygen atoms in total. The van der Waals surface area contributed by atoms with Gasteiger partial charge in [-0.3, -0.25) is 0 Å². The molecule has 0 fully saturated rings. The monoisotopic (exact) mass is 217 g/mol. The summed E-state index contributed by atoms with van der Waals surface area (Å²) in [5.74, 6) is -0.966. The van der Waals surface area contributed by atoms with Crippen LogP contribution in [-0.2, 0) is 11.2 Å². The lowest BCUT2D eigenvalue weighted by Gasteiger charge is -1.89. The number of thiazole rings is 1. The molecule has 0 bridgehead atoms. The molecule has 13 heavy (non-hydrogen) atoms. The zero-order chi connectivity index (χ0) is 9.84. The van der Waals surface area contributed by atoms with E-state index in [4.69, 9.17) is 16.7 Å². The van der Waals surface area contributed by atoms with E-state index in [0.29, 0.717) is 4.47 Å². The third kappa shape index (κ3) is 2.82. The van der Waals surface area contributed by atoms with Gasteiger partial charge in [-0.25, -0.2) is 9.78 Å². The van der Waals surface area contributed by atoms with Gasteiger partial charge < -0.3 is 5.11 Å².